The Balaban J connectivity index is 1.70. The van der Waals surface area contributed by atoms with Crippen molar-refractivity contribution in [3.8, 4) is 11.8 Å². The number of ether oxygens (including phenoxy) is 1. The maximum Gasteiger partial charge on any atom is 0.261 e. The van der Waals surface area contributed by atoms with Crippen LogP contribution in [0.25, 0.3) is 0 Å². The first-order valence-corrected chi connectivity index (χ1v) is 9.97. The molecule has 0 aliphatic heterocycles. The van der Waals surface area contributed by atoms with Gasteiger partial charge in [0.15, 0.2) is 0 Å². The topological polar surface area (TPSA) is 104 Å². The highest BCUT2D eigenvalue weighted by Crippen LogP contribution is 2.21. The van der Waals surface area contributed by atoms with Gasteiger partial charge in [-0.3, -0.25) is 4.72 Å². The Hall–Kier alpha value is -3.57. The Labute approximate surface area is 163 Å². The van der Waals surface area contributed by atoms with Crippen LogP contribution in [-0.4, -0.2) is 20.0 Å². The Morgan fingerprint density at radius 2 is 1.86 bits per heavy atom. The minimum Gasteiger partial charge on any atom is -0.494 e. The second-order valence-corrected chi connectivity index (χ2v) is 7.44. The van der Waals surface area contributed by atoms with Crippen molar-refractivity contribution in [3.05, 3.63) is 72.4 Å². The molecule has 0 radical (unpaired) electrons. The average Bonchev–Trinajstić information content (AvgIpc) is 2.70. The second-order valence-electron chi connectivity index (χ2n) is 5.76. The van der Waals surface area contributed by atoms with E-state index in [0.717, 1.165) is 0 Å². The molecule has 7 nitrogen and oxygen atoms in total. The molecule has 0 bridgehead atoms. The summed E-state index contributed by atoms with van der Waals surface area (Å²) in [4.78, 5) is 4.34. The van der Waals surface area contributed by atoms with Crippen LogP contribution >= 0.6 is 0 Å². The van der Waals surface area contributed by atoms with Crippen LogP contribution in [0, 0.1) is 11.3 Å². The second kappa shape index (κ2) is 8.41. The summed E-state index contributed by atoms with van der Waals surface area (Å²) in [6.45, 7) is 2.37. The quantitative estimate of drug-likeness (QED) is 0.630. The zero-order valence-corrected chi connectivity index (χ0v) is 15.9. The molecule has 0 fully saturated rings. The highest BCUT2D eigenvalue weighted by molar-refractivity contribution is 7.92. The van der Waals surface area contributed by atoms with Crippen LogP contribution in [0.5, 0.6) is 5.75 Å². The maximum absolute atomic E-state index is 12.5. The molecule has 28 heavy (non-hydrogen) atoms. The van der Waals surface area contributed by atoms with E-state index in [0.29, 0.717) is 35.1 Å². The Morgan fingerprint density at radius 1 is 1.07 bits per heavy atom. The van der Waals surface area contributed by atoms with Crippen molar-refractivity contribution in [3.63, 3.8) is 0 Å². The fourth-order valence-electron chi connectivity index (χ4n) is 2.44. The number of pyridine rings is 1. The molecule has 0 amide bonds. The lowest BCUT2D eigenvalue weighted by molar-refractivity contribution is 0.340. The number of nitriles is 1. The number of hydrogen-bond acceptors (Lipinski definition) is 6. The summed E-state index contributed by atoms with van der Waals surface area (Å²) >= 11 is 0. The summed E-state index contributed by atoms with van der Waals surface area (Å²) in [5.74, 6) is 1.14. The molecule has 1 aromatic heterocycles. The van der Waals surface area contributed by atoms with Crippen LogP contribution < -0.4 is 14.8 Å². The first-order valence-electron chi connectivity index (χ1n) is 8.49. The summed E-state index contributed by atoms with van der Waals surface area (Å²) in [6.07, 6.45) is 1.42. The Bertz CT molecular complexity index is 1090. The SMILES string of the molecule is CCOc1ccc(S(=O)(=O)Nc2ccc(Nc3cccc(C#N)c3)nc2)cc1. The molecule has 3 aromatic rings. The van der Waals surface area contributed by atoms with Crippen molar-refractivity contribution >= 4 is 27.2 Å². The largest absolute Gasteiger partial charge is 0.494 e. The van der Waals surface area contributed by atoms with Gasteiger partial charge in [0.2, 0.25) is 0 Å². The molecule has 142 valence electrons. The number of benzene rings is 2. The lowest BCUT2D eigenvalue weighted by atomic mass is 10.2. The summed E-state index contributed by atoms with van der Waals surface area (Å²) in [5, 5.41) is 12.0. The van der Waals surface area contributed by atoms with Crippen molar-refractivity contribution in [1.82, 2.24) is 4.98 Å². The molecule has 1 heterocycles. The van der Waals surface area contributed by atoms with E-state index in [1.165, 1.54) is 18.3 Å². The zero-order chi connectivity index (χ0) is 20.0. The van der Waals surface area contributed by atoms with Gasteiger partial charge in [-0.05, 0) is 61.5 Å². The predicted molar refractivity (Wildman–Crippen MR) is 107 cm³/mol. The molecule has 0 atom stereocenters. The van der Waals surface area contributed by atoms with E-state index in [-0.39, 0.29) is 4.90 Å². The van der Waals surface area contributed by atoms with Gasteiger partial charge in [0.05, 0.1) is 35.0 Å². The van der Waals surface area contributed by atoms with Gasteiger partial charge in [0.1, 0.15) is 11.6 Å². The smallest absolute Gasteiger partial charge is 0.261 e. The van der Waals surface area contributed by atoms with Gasteiger partial charge >= 0.3 is 0 Å². The molecule has 0 saturated heterocycles. The molecule has 2 N–H and O–H groups in total. The third kappa shape index (κ3) is 4.78. The molecule has 0 unspecified atom stereocenters. The van der Waals surface area contributed by atoms with Gasteiger partial charge in [-0.25, -0.2) is 13.4 Å². The van der Waals surface area contributed by atoms with Crippen molar-refractivity contribution in [2.45, 2.75) is 11.8 Å². The number of hydrogen-bond donors (Lipinski definition) is 2. The number of nitrogens with zero attached hydrogens (tertiary/aromatic N) is 2. The number of aromatic nitrogens is 1. The zero-order valence-electron chi connectivity index (χ0n) is 15.1. The van der Waals surface area contributed by atoms with E-state index in [2.05, 4.69) is 21.1 Å². The molecular formula is C20H18N4O3S. The molecular weight excluding hydrogens is 376 g/mol. The van der Waals surface area contributed by atoms with Crippen LogP contribution in [0.15, 0.2) is 71.8 Å². The van der Waals surface area contributed by atoms with Crippen LogP contribution in [-0.2, 0) is 10.0 Å². The Morgan fingerprint density at radius 3 is 2.50 bits per heavy atom. The van der Waals surface area contributed by atoms with Gasteiger partial charge in [-0.2, -0.15) is 5.26 Å². The van der Waals surface area contributed by atoms with Crippen LogP contribution in [0.4, 0.5) is 17.2 Å². The summed E-state index contributed by atoms with van der Waals surface area (Å²) < 4.78 is 32.8. The third-order valence-electron chi connectivity index (χ3n) is 3.72. The van der Waals surface area contributed by atoms with Gasteiger partial charge in [0, 0.05) is 5.69 Å². The van der Waals surface area contributed by atoms with Crippen molar-refractivity contribution in [2.75, 3.05) is 16.6 Å². The maximum atomic E-state index is 12.5. The minimum atomic E-state index is -3.73. The fourth-order valence-corrected chi connectivity index (χ4v) is 3.48. The lowest BCUT2D eigenvalue weighted by Gasteiger charge is -2.10. The van der Waals surface area contributed by atoms with Crippen LogP contribution in [0.1, 0.15) is 12.5 Å². The molecule has 8 heteroatoms. The number of rotatable bonds is 7. The van der Waals surface area contributed by atoms with E-state index in [9.17, 15) is 8.42 Å². The van der Waals surface area contributed by atoms with Gasteiger partial charge in [-0.1, -0.05) is 6.07 Å². The molecule has 0 aliphatic carbocycles. The molecule has 0 spiro atoms. The van der Waals surface area contributed by atoms with Crippen molar-refractivity contribution < 1.29 is 13.2 Å². The van der Waals surface area contributed by atoms with Gasteiger partial charge in [0.25, 0.3) is 10.0 Å². The van der Waals surface area contributed by atoms with E-state index < -0.39 is 10.0 Å². The molecule has 0 saturated carbocycles. The van der Waals surface area contributed by atoms with E-state index >= 15 is 0 Å². The first kappa shape index (κ1) is 19.2. The average molecular weight is 394 g/mol. The highest BCUT2D eigenvalue weighted by atomic mass is 32.2. The van der Waals surface area contributed by atoms with E-state index in [4.69, 9.17) is 10.00 Å². The van der Waals surface area contributed by atoms with Gasteiger partial charge in [-0.15, -0.1) is 0 Å². The lowest BCUT2D eigenvalue weighted by Crippen LogP contribution is -2.13. The summed E-state index contributed by atoms with van der Waals surface area (Å²) in [6, 6.07) is 18.5. The predicted octanol–water partition coefficient (Wildman–Crippen LogP) is 3.90. The third-order valence-corrected chi connectivity index (χ3v) is 5.12. The van der Waals surface area contributed by atoms with Gasteiger partial charge < -0.3 is 10.1 Å². The van der Waals surface area contributed by atoms with Crippen LogP contribution in [0.3, 0.4) is 0 Å². The number of nitrogens with one attached hydrogen (secondary N) is 2. The molecule has 2 aromatic carbocycles. The standard InChI is InChI=1S/C20H18N4O3S/c1-2-27-18-7-9-19(10-8-18)28(25,26)24-17-6-11-20(22-14-17)23-16-5-3-4-15(12-16)13-21/h3-12,14,24H,2H2,1H3,(H,22,23). The molecule has 3 rings (SSSR count). The first-order chi connectivity index (χ1) is 13.5. The Kier molecular flexibility index (Phi) is 5.77. The van der Waals surface area contributed by atoms with E-state index in [1.807, 2.05) is 13.0 Å². The summed E-state index contributed by atoms with van der Waals surface area (Å²) in [7, 11) is -3.73. The van der Waals surface area contributed by atoms with E-state index in [1.54, 1.807) is 42.5 Å². The van der Waals surface area contributed by atoms with Crippen molar-refractivity contribution in [1.29, 1.82) is 5.26 Å². The van der Waals surface area contributed by atoms with Crippen molar-refractivity contribution in [2.24, 2.45) is 0 Å². The minimum absolute atomic E-state index is 0.131. The normalized spacial score (nSPS) is 10.7. The number of anilines is 3. The highest BCUT2D eigenvalue weighted by Gasteiger charge is 2.14. The monoisotopic (exact) mass is 394 g/mol. The number of sulfonamides is 1. The molecule has 0 aliphatic rings. The van der Waals surface area contributed by atoms with Crippen LogP contribution in [0.2, 0.25) is 0 Å². The summed E-state index contributed by atoms with van der Waals surface area (Å²) in [5.41, 5.74) is 1.59. The fraction of sp³-hybridized carbons (Fsp3) is 0.100.